The van der Waals surface area contributed by atoms with Crippen molar-refractivity contribution in [3.05, 3.63) is 60.6 Å². The van der Waals surface area contributed by atoms with Gasteiger partial charge in [-0.05, 0) is 29.8 Å². The molecule has 2 aromatic carbocycles. The summed E-state index contributed by atoms with van der Waals surface area (Å²) in [7, 11) is 1.50. The van der Waals surface area contributed by atoms with Crippen LogP contribution in [0.2, 0.25) is 0 Å². The van der Waals surface area contributed by atoms with Gasteiger partial charge in [-0.1, -0.05) is 12.1 Å². The normalized spacial score (nSPS) is 10.3. The molecule has 1 aromatic heterocycles. The first-order valence-corrected chi connectivity index (χ1v) is 8.09. The van der Waals surface area contributed by atoms with Crippen molar-refractivity contribution in [2.24, 2.45) is 5.73 Å². The molecular weight excluding hydrogens is 348 g/mol. The van der Waals surface area contributed by atoms with Crippen LogP contribution < -0.4 is 21.1 Å². The second kappa shape index (κ2) is 8.15. The van der Waals surface area contributed by atoms with Gasteiger partial charge in [-0.3, -0.25) is 9.59 Å². The number of anilines is 2. The largest absolute Gasteiger partial charge is 0.496 e. The third kappa shape index (κ3) is 4.31. The van der Waals surface area contributed by atoms with E-state index < -0.39 is 11.8 Å². The Labute approximate surface area is 155 Å². The summed E-state index contributed by atoms with van der Waals surface area (Å²) in [5.41, 5.74) is 8.00. The summed E-state index contributed by atoms with van der Waals surface area (Å²) in [6.07, 6.45) is 2.87. The lowest BCUT2D eigenvalue weighted by Crippen LogP contribution is -2.29. The minimum atomic E-state index is -0.803. The maximum atomic E-state index is 12.2. The quantitative estimate of drug-likeness (QED) is 0.597. The summed E-state index contributed by atoms with van der Waals surface area (Å²) >= 11 is 0. The van der Waals surface area contributed by atoms with Crippen molar-refractivity contribution in [2.75, 3.05) is 17.7 Å². The highest BCUT2D eigenvalue weighted by atomic mass is 16.5. The molecule has 27 heavy (non-hydrogen) atoms. The molecule has 0 bridgehead atoms. The number of rotatable bonds is 5. The van der Waals surface area contributed by atoms with Crippen LogP contribution in [0.15, 0.2) is 59.5 Å². The van der Waals surface area contributed by atoms with E-state index in [-0.39, 0.29) is 0 Å². The zero-order valence-electron chi connectivity index (χ0n) is 14.6. The van der Waals surface area contributed by atoms with Gasteiger partial charge in [0, 0.05) is 24.0 Å². The number of carbonyl (C=O) groups is 2. The van der Waals surface area contributed by atoms with Gasteiger partial charge in [-0.15, -0.1) is 0 Å². The molecular formula is C19H18N4O4. The van der Waals surface area contributed by atoms with Crippen LogP contribution in [0.25, 0.3) is 11.3 Å². The number of methoxy groups -OCH3 is 1. The highest BCUT2D eigenvalue weighted by Crippen LogP contribution is 2.32. The van der Waals surface area contributed by atoms with Gasteiger partial charge in [0.2, 0.25) is 0 Å². The van der Waals surface area contributed by atoms with Gasteiger partial charge in [0.25, 0.3) is 0 Å². The van der Waals surface area contributed by atoms with Gasteiger partial charge >= 0.3 is 11.8 Å². The molecule has 0 saturated carbocycles. The molecule has 3 aromatic rings. The zero-order chi connectivity index (χ0) is 19.2. The van der Waals surface area contributed by atoms with E-state index in [0.717, 1.165) is 5.56 Å². The Kier molecular flexibility index (Phi) is 5.48. The van der Waals surface area contributed by atoms with Crippen molar-refractivity contribution in [2.45, 2.75) is 6.54 Å². The van der Waals surface area contributed by atoms with Crippen LogP contribution in [0.5, 0.6) is 5.75 Å². The topological polar surface area (TPSA) is 119 Å². The van der Waals surface area contributed by atoms with Gasteiger partial charge in [-0.25, -0.2) is 4.98 Å². The summed E-state index contributed by atoms with van der Waals surface area (Å²) in [5, 5.41) is 5.07. The lowest BCUT2D eigenvalue weighted by Gasteiger charge is -2.10. The SMILES string of the molecule is COc1cc(NC(=O)C(=O)Nc2cccc(CN)c2)ccc1-c1cnco1. The summed E-state index contributed by atoms with van der Waals surface area (Å²) in [6, 6.07) is 11.9. The zero-order valence-corrected chi connectivity index (χ0v) is 14.6. The maximum absolute atomic E-state index is 12.2. The van der Waals surface area contributed by atoms with E-state index in [4.69, 9.17) is 14.9 Å². The number of carbonyl (C=O) groups excluding carboxylic acids is 2. The Morgan fingerprint density at radius 2 is 1.85 bits per heavy atom. The van der Waals surface area contributed by atoms with Crippen LogP contribution in [0.3, 0.4) is 0 Å². The number of benzene rings is 2. The number of aromatic nitrogens is 1. The molecule has 0 aliphatic carbocycles. The summed E-state index contributed by atoms with van der Waals surface area (Å²) in [5.74, 6) is -0.590. The fourth-order valence-electron chi connectivity index (χ4n) is 2.47. The minimum Gasteiger partial charge on any atom is -0.496 e. The predicted molar refractivity (Wildman–Crippen MR) is 100 cm³/mol. The van der Waals surface area contributed by atoms with Crippen LogP contribution in [0.4, 0.5) is 11.4 Å². The number of nitrogens with zero attached hydrogens (tertiary/aromatic N) is 1. The van der Waals surface area contributed by atoms with Crippen LogP contribution in [-0.4, -0.2) is 23.9 Å². The van der Waals surface area contributed by atoms with E-state index in [9.17, 15) is 9.59 Å². The van der Waals surface area contributed by atoms with Crippen LogP contribution in [0, 0.1) is 0 Å². The Balaban J connectivity index is 1.70. The number of nitrogens with one attached hydrogen (secondary N) is 2. The Bertz CT molecular complexity index is 954. The molecule has 138 valence electrons. The molecule has 8 nitrogen and oxygen atoms in total. The molecule has 0 unspecified atom stereocenters. The summed E-state index contributed by atoms with van der Waals surface area (Å²) in [6.45, 7) is 0.341. The van der Waals surface area contributed by atoms with Crippen molar-refractivity contribution >= 4 is 23.2 Å². The first kappa shape index (κ1) is 18.2. The molecule has 3 rings (SSSR count). The smallest absolute Gasteiger partial charge is 0.314 e. The highest BCUT2D eigenvalue weighted by Gasteiger charge is 2.16. The van der Waals surface area contributed by atoms with Crippen LogP contribution >= 0.6 is 0 Å². The Morgan fingerprint density at radius 1 is 1.11 bits per heavy atom. The minimum absolute atomic E-state index is 0.341. The first-order valence-electron chi connectivity index (χ1n) is 8.09. The highest BCUT2D eigenvalue weighted by molar-refractivity contribution is 6.43. The lowest BCUT2D eigenvalue weighted by molar-refractivity contribution is -0.132. The second-order valence-corrected chi connectivity index (χ2v) is 5.59. The van der Waals surface area contributed by atoms with Crippen molar-refractivity contribution in [1.29, 1.82) is 0 Å². The molecule has 8 heteroatoms. The molecule has 0 radical (unpaired) electrons. The number of hydrogen-bond acceptors (Lipinski definition) is 6. The third-order valence-corrected chi connectivity index (χ3v) is 3.78. The van der Waals surface area contributed by atoms with Gasteiger partial charge in [0.15, 0.2) is 12.2 Å². The molecule has 4 N–H and O–H groups in total. The van der Waals surface area contributed by atoms with Crippen LogP contribution in [-0.2, 0) is 16.1 Å². The molecule has 0 aliphatic heterocycles. The van der Waals surface area contributed by atoms with Gasteiger partial charge in [0.05, 0.1) is 18.9 Å². The molecule has 0 fully saturated rings. The maximum Gasteiger partial charge on any atom is 0.314 e. The molecule has 0 spiro atoms. The van der Waals surface area contributed by atoms with Gasteiger partial charge in [0.1, 0.15) is 5.75 Å². The van der Waals surface area contributed by atoms with E-state index in [1.165, 1.54) is 13.5 Å². The number of amides is 2. The number of oxazole rings is 1. The standard InChI is InChI=1S/C19H18N4O4/c1-26-16-8-14(5-6-15(16)17-10-21-11-27-17)23-19(25)18(24)22-13-4-2-3-12(7-13)9-20/h2-8,10-11H,9,20H2,1H3,(H,22,24)(H,23,25). The van der Waals surface area contributed by atoms with Crippen molar-refractivity contribution in [3.8, 4) is 17.1 Å². The van der Waals surface area contributed by atoms with Crippen molar-refractivity contribution in [1.82, 2.24) is 4.98 Å². The average molecular weight is 366 g/mol. The van der Waals surface area contributed by atoms with E-state index >= 15 is 0 Å². The fraction of sp³-hybridized carbons (Fsp3) is 0.105. The number of ether oxygens (including phenoxy) is 1. The Hall–Kier alpha value is -3.65. The van der Waals surface area contributed by atoms with Crippen LogP contribution in [0.1, 0.15) is 5.56 Å². The Morgan fingerprint density at radius 3 is 2.48 bits per heavy atom. The summed E-state index contributed by atoms with van der Waals surface area (Å²) in [4.78, 5) is 28.2. The molecule has 1 heterocycles. The van der Waals surface area contributed by atoms with Gasteiger partial charge in [-0.2, -0.15) is 0 Å². The monoisotopic (exact) mass is 366 g/mol. The summed E-state index contributed by atoms with van der Waals surface area (Å²) < 4.78 is 10.6. The van der Waals surface area contributed by atoms with E-state index in [2.05, 4.69) is 15.6 Å². The molecule has 0 atom stereocenters. The lowest BCUT2D eigenvalue weighted by atomic mass is 10.1. The third-order valence-electron chi connectivity index (χ3n) is 3.78. The molecule has 0 saturated heterocycles. The predicted octanol–water partition coefficient (Wildman–Crippen LogP) is 2.39. The average Bonchev–Trinajstić information content (AvgIpc) is 3.22. The van der Waals surface area contributed by atoms with E-state index in [0.29, 0.717) is 35.0 Å². The van der Waals surface area contributed by atoms with Crippen molar-refractivity contribution in [3.63, 3.8) is 0 Å². The fourth-order valence-corrected chi connectivity index (χ4v) is 2.47. The first-order chi connectivity index (χ1) is 13.1. The van der Waals surface area contributed by atoms with Gasteiger partial charge < -0.3 is 25.5 Å². The second-order valence-electron chi connectivity index (χ2n) is 5.59. The van der Waals surface area contributed by atoms with E-state index in [1.54, 1.807) is 42.6 Å². The van der Waals surface area contributed by atoms with E-state index in [1.807, 2.05) is 6.07 Å². The van der Waals surface area contributed by atoms with Crippen molar-refractivity contribution < 1.29 is 18.7 Å². The molecule has 2 amide bonds. The number of nitrogens with two attached hydrogens (primary N) is 1. The molecule has 0 aliphatic rings. The number of hydrogen-bond donors (Lipinski definition) is 3.